The van der Waals surface area contributed by atoms with E-state index in [4.69, 9.17) is 33.1 Å². The van der Waals surface area contributed by atoms with Crippen molar-refractivity contribution in [2.45, 2.75) is 32.7 Å². The number of benzene rings is 2. The summed E-state index contributed by atoms with van der Waals surface area (Å²) >= 11 is 12.7. The first-order valence-corrected chi connectivity index (χ1v) is 11.3. The molecule has 4 rings (SSSR count). The van der Waals surface area contributed by atoms with Gasteiger partial charge in [-0.05, 0) is 61.2 Å². The van der Waals surface area contributed by atoms with Crippen LogP contribution in [0.2, 0.25) is 10.0 Å². The van der Waals surface area contributed by atoms with Crippen LogP contribution in [0.4, 0.5) is 5.69 Å². The van der Waals surface area contributed by atoms with E-state index in [0.29, 0.717) is 22.5 Å². The van der Waals surface area contributed by atoms with Gasteiger partial charge in [0.15, 0.2) is 0 Å². The summed E-state index contributed by atoms with van der Waals surface area (Å²) < 4.78 is 0. The lowest BCUT2D eigenvalue weighted by Gasteiger charge is -2.42. The third-order valence-electron chi connectivity index (χ3n) is 6.33. The van der Waals surface area contributed by atoms with Gasteiger partial charge in [-0.15, -0.1) is 0 Å². The lowest BCUT2D eigenvalue weighted by molar-refractivity contribution is -0.141. The number of carboxylic acid groups (broad SMARTS) is 2. The molecule has 8 heteroatoms. The number of carboxylic acids is 1. The minimum atomic E-state index is -0.676. The standard InChI is InChI=1S/C23H26Cl2N2O2.CH2O2/c1-14-8-17(18-11-27(12-18)22-20(24)4-3-5-21(22)25)9-15(2)19(14)13-26-7-6-16(10-26)23(28)29;2-1-3/h3-5,8-9,16,18H,6-7,10-13H2,1-2H3,(H,28,29);1H,(H,2,3)/t16-;/m1./s1. The fourth-order valence-corrected chi connectivity index (χ4v) is 5.21. The van der Waals surface area contributed by atoms with Crippen LogP contribution in [-0.4, -0.2) is 53.7 Å². The summed E-state index contributed by atoms with van der Waals surface area (Å²) in [5.41, 5.74) is 6.18. The molecule has 32 heavy (non-hydrogen) atoms. The molecule has 2 aromatic rings. The van der Waals surface area contributed by atoms with Gasteiger partial charge in [0.1, 0.15) is 0 Å². The van der Waals surface area contributed by atoms with Crippen LogP contribution in [0.3, 0.4) is 0 Å². The molecule has 0 spiro atoms. The lowest BCUT2D eigenvalue weighted by atomic mass is 9.87. The van der Waals surface area contributed by atoms with Crippen LogP contribution in [0, 0.1) is 19.8 Å². The molecule has 0 amide bonds. The van der Waals surface area contributed by atoms with Gasteiger partial charge in [0.25, 0.3) is 6.47 Å². The number of para-hydroxylation sites is 1. The quantitative estimate of drug-likeness (QED) is 0.599. The number of hydrogen-bond acceptors (Lipinski definition) is 4. The molecule has 2 saturated heterocycles. The fourth-order valence-electron chi connectivity index (χ4n) is 4.58. The van der Waals surface area contributed by atoms with Crippen LogP contribution in [0.1, 0.15) is 34.6 Å². The molecule has 2 aliphatic rings. The minimum Gasteiger partial charge on any atom is -0.483 e. The second-order valence-corrected chi connectivity index (χ2v) is 9.28. The molecule has 0 unspecified atom stereocenters. The topological polar surface area (TPSA) is 81.1 Å². The molecule has 0 bridgehead atoms. The Balaban J connectivity index is 0.000000913. The van der Waals surface area contributed by atoms with Gasteiger partial charge in [-0.25, -0.2) is 0 Å². The van der Waals surface area contributed by atoms with Gasteiger partial charge in [0.05, 0.1) is 21.7 Å². The molecule has 2 aliphatic heterocycles. The van der Waals surface area contributed by atoms with Crippen LogP contribution >= 0.6 is 23.2 Å². The third-order valence-corrected chi connectivity index (χ3v) is 6.94. The van der Waals surface area contributed by atoms with Crippen molar-refractivity contribution in [2.75, 3.05) is 31.1 Å². The minimum absolute atomic E-state index is 0.229. The molecule has 0 saturated carbocycles. The van der Waals surface area contributed by atoms with Crippen LogP contribution in [0.15, 0.2) is 30.3 Å². The van der Waals surface area contributed by atoms with E-state index in [1.54, 1.807) is 0 Å². The van der Waals surface area contributed by atoms with Crippen molar-refractivity contribution in [1.29, 1.82) is 0 Å². The zero-order valence-electron chi connectivity index (χ0n) is 18.2. The zero-order chi connectivity index (χ0) is 23.4. The summed E-state index contributed by atoms with van der Waals surface area (Å²) in [6.45, 7) is 8.23. The van der Waals surface area contributed by atoms with Crippen LogP contribution < -0.4 is 4.90 Å². The molecule has 2 N–H and O–H groups in total. The predicted octanol–water partition coefficient (Wildman–Crippen LogP) is 4.82. The maximum Gasteiger partial charge on any atom is 0.307 e. The Labute approximate surface area is 198 Å². The van der Waals surface area contributed by atoms with E-state index in [1.165, 1.54) is 22.3 Å². The van der Waals surface area contributed by atoms with Crippen molar-refractivity contribution in [1.82, 2.24) is 4.90 Å². The van der Waals surface area contributed by atoms with Crippen molar-refractivity contribution in [3.05, 3.63) is 62.6 Å². The first-order chi connectivity index (χ1) is 15.2. The Kier molecular flexibility index (Phi) is 8.04. The van der Waals surface area contributed by atoms with E-state index >= 15 is 0 Å². The molecular formula is C24H28Cl2N2O4. The lowest BCUT2D eigenvalue weighted by Crippen LogP contribution is -2.45. The van der Waals surface area contributed by atoms with E-state index in [0.717, 1.165) is 38.3 Å². The van der Waals surface area contributed by atoms with Gasteiger partial charge in [0, 0.05) is 32.1 Å². The highest BCUT2D eigenvalue weighted by Crippen LogP contribution is 2.40. The van der Waals surface area contributed by atoms with E-state index in [9.17, 15) is 9.90 Å². The number of aliphatic carboxylic acids is 1. The average Bonchev–Trinajstić information content (AvgIpc) is 3.16. The largest absolute Gasteiger partial charge is 0.483 e. The van der Waals surface area contributed by atoms with Crippen LogP contribution in [0.25, 0.3) is 0 Å². The number of likely N-dealkylation sites (tertiary alicyclic amines) is 1. The molecule has 2 heterocycles. The normalized spacial score (nSPS) is 18.6. The molecule has 6 nitrogen and oxygen atoms in total. The number of anilines is 1. The number of hydrogen-bond donors (Lipinski definition) is 2. The van der Waals surface area contributed by atoms with Crippen LogP contribution in [0.5, 0.6) is 0 Å². The van der Waals surface area contributed by atoms with Gasteiger partial charge >= 0.3 is 5.97 Å². The summed E-state index contributed by atoms with van der Waals surface area (Å²) in [6.07, 6.45) is 0.744. The van der Waals surface area contributed by atoms with E-state index in [1.807, 2.05) is 18.2 Å². The number of aryl methyl sites for hydroxylation is 2. The van der Waals surface area contributed by atoms with Gasteiger partial charge in [0.2, 0.25) is 0 Å². The Hall–Kier alpha value is -2.28. The highest BCUT2D eigenvalue weighted by molar-refractivity contribution is 6.39. The summed E-state index contributed by atoms with van der Waals surface area (Å²) in [5.74, 6) is -0.436. The van der Waals surface area contributed by atoms with Crippen molar-refractivity contribution in [3.8, 4) is 0 Å². The SMILES string of the molecule is Cc1cc(C2CN(c3c(Cl)cccc3Cl)C2)cc(C)c1CN1CC[C@@H](C(=O)O)C1.O=CO. The van der Waals surface area contributed by atoms with Gasteiger partial charge in [-0.2, -0.15) is 0 Å². The summed E-state index contributed by atoms with van der Waals surface area (Å²) in [6, 6.07) is 10.2. The van der Waals surface area contributed by atoms with E-state index in [2.05, 4.69) is 35.8 Å². The fraction of sp³-hybridized carbons (Fsp3) is 0.417. The van der Waals surface area contributed by atoms with Crippen molar-refractivity contribution >= 4 is 41.3 Å². The monoisotopic (exact) mass is 478 g/mol. The third kappa shape index (κ3) is 5.37. The smallest absolute Gasteiger partial charge is 0.307 e. The van der Waals surface area contributed by atoms with E-state index in [-0.39, 0.29) is 12.4 Å². The second kappa shape index (κ2) is 10.6. The van der Waals surface area contributed by atoms with Crippen molar-refractivity contribution < 1.29 is 19.8 Å². The highest BCUT2D eigenvalue weighted by Gasteiger charge is 2.32. The van der Waals surface area contributed by atoms with Crippen molar-refractivity contribution in [3.63, 3.8) is 0 Å². The maximum atomic E-state index is 11.2. The number of nitrogens with zero attached hydrogens (tertiary/aromatic N) is 2. The second-order valence-electron chi connectivity index (χ2n) is 8.47. The van der Waals surface area contributed by atoms with Gasteiger partial charge in [-0.1, -0.05) is 41.4 Å². The molecule has 1 atom stereocenters. The van der Waals surface area contributed by atoms with Gasteiger partial charge in [-0.3, -0.25) is 14.5 Å². The summed E-state index contributed by atoms with van der Waals surface area (Å²) in [4.78, 5) is 24.1. The molecule has 2 fully saturated rings. The average molecular weight is 479 g/mol. The summed E-state index contributed by atoms with van der Waals surface area (Å²) in [5, 5.41) is 17.5. The van der Waals surface area contributed by atoms with Crippen molar-refractivity contribution in [2.24, 2.45) is 5.92 Å². The number of carbonyl (C=O) groups is 2. The summed E-state index contributed by atoms with van der Waals surface area (Å²) in [7, 11) is 0. The maximum absolute atomic E-state index is 11.2. The first-order valence-electron chi connectivity index (χ1n) is 10.6. The molecule has 0 aromatic heterocycles. The Morgan fingerprint density at radius 1 is 1.12 bits per heavy atom. The first kappa shape index (κ1) is 24.4. The van der Waals surface area contributed by atoms with Crippen LogP contribution in [-0.2, 0) is 16.1 Å². The molecule has 0 aliphatic carbocycles. The number of halogens is 2. The Morgan fingerprint density at radius 2 is 1.69 bits per heavy atom. The van der Waals surface area contributed by atoms with Gasteiger partial charge < -0.3 is 15.1 Å². The Bertz CT molecular complexity index is 949. The molecule has 172 valence electrons. The molecule has 2 aromatic carbocycles. The molecule has 0 radical (unpaired) electrons. The van der Waals surface area contributed by atoms with E-state index < -0.39 is 5.97 Å². The predicted molar refractivity (Wildman–Crippen MR) is 127 cm³/mol. The zero-order valence-corrected chi connectivity index (χ0v) is 19.7. The number of rotatable bonds is 5. The highest BCUT2D eigenvalue weighted by atomic mass is 35.5. The Morgan fingerprint density at radius 3 is 2.19 bits per heavy atom. The molecular weight excluding hydrogens is 451 g/mol.